The Bertz CT molecular complexity index is 1140. The molecule has 1 amide bonds. The second-order valence-corrected chi connectivity index (χ2v) is 9.12. The number of carbonyl (C=O) groups is 1. The number of hydrogen-bond acceptors (Lipinski definition) is 3. The molecule has 0 spiro atoms. The zero-order chi connectivity index (χ0) is 21.1. The standard InChI is InChI=1S/C26H24N2OS/c1-26(2,3)22-15-13-20(14-16-22)23-17-30-25(27-23)28-24(29)21-11-9-19(10-12-21)18-7-5-4-6-8-18/h4-17H,1-3H3,(H,27,28,29). The van der Waals surface area contributed by atoms with Crippen LogP contribution in [-0.2, 0) is 5.41 Å². The van der Waals surface area contributed by atoms with Crippen LogP contribution in [-0.4, -0.2) is 10.9 Å². The van der Waals surface area contributed by atoms with Crippen LogP contribution in [0.15, 0.2) is 84.2 Å². The summed E-state index contributed by atoms with van der Waals surface area (Å²) in [7, 11) is 0. The Morgan fingerprint density at radius 3 is 2.03 bits per heavy atom. The first-order valence-electron chi connectivity index (χ1n) is 9.93. The van der Waals surface area contributed by atoms with Crippen molar-refractivity contribution in [2.45, 2.75) is 26.2 Å². The van der Waals surface area contributed by atoms with Crippen LogP contribution < -0.4 is 5.32 Å². The highest BCUT2D eigenvalue weighted by molar-refractivity contribution is 7.14. The molecule has 1 N–H and O–H groups in total. The Balaban J connectivity index is 1.45. The van der Waals surface area contributed by atoms with Gasteiger partial charge in [-0.25, -0.2) is 4.98 Å². The molecule has 0 saturated carbocycles. The van der Waals surface area contributed by atoms with Crippen molar-refractivity contribution in [1.82, 2.24) is 4.98 Å². The summed E-state index contributed by atoms with van der Waals surface area (Å²) in [5.41, 5.74) is 6.15. The third-order valence-corrected chi connectivity index (χ3v) is 5.78. The number of hydrogen-bond donors (Lipinski definition) is 1. The molecule has 4 rings (SSSR count). The lowest BCUT2D eigenvalue weighted by Crippen LogP contribution is -2.11. The van der Waals surface area contributed by atoms with Gasteiger partial charge in [-0.15, -0.1) is 11.3 Å². The summed E-state index contributed by atoms with van der Waals surface area (Å²) in [6.07, 6.45) is 0. The lowest BCUT2D eigenvalue weighted by Gasteiger charge is -2.18. The number of rotatable bonds is 4. The number of nitrogens with one attached hydrogen (secondary N) is 1. The van der Waals surface area contributed by atoms with Gasteiger partial charge in [0.25, 0.3) is 5.91 Å². The van der Waals surface area contributed by atoms with Gasteiger partial charge in [-0.05, 0) is 34.2 Å². The second kappa shape index (κ2) is 8.25. The van der Waals surface area contributed by atoms with Gasteiger partial charge in [0.05, 0.1) is 5.69 Å². The largest absolute Gasteiger partial charge is 0.298 e. The topological polar surface area (TPSA) is 42.0 Å². The van der Waals surface area contributed by atoms with E-state index in [-0.39, 0.29) is 11.3 Å². The van der Waals surface area contributed by atoms with Gasteiger partial charge in [0.2, 0.25) is 0 Å². The Morgan fingerprint density at radius 2 is 1.40 bits per heavy atom. The maximum Gasteiger partial charge on any atom is 0.257 e. The van der Waals surface area contributed by atoms with Gasteiger partial charge in [-0.2, -0.15) is 0 Å². The Morgan fingerprint density at radius 1 is 0.800 bits per heavy atom. The van der Waals surface area contributed by atoms with Gasteiger partial charge in [-0.3, -0.25) is 10.1 Å². The monoisotopic (exact) mass is 412 g/mol. The lowest BCUT2D eigenvalue weighted by molar-refractivity contribution is 0.102. The SMILES string of the molecule is CC(C)(C)c1ccc(-c2csc(NC(=O)c3ccc(-c4ccccc4)cc3)n2)cc1. The summed E-state index contributed by atoms with van der Waals surface area (Å²) < 4.78 is 0. The molecule has 1 aromatic heterocycles. The zero-order valence-electron chi connectivity index (χ0n) is 17.3. The molecule has 0 radical (unpaired) electrons. The predicted molar refractivity (Wildman–Crippen MR) is 126 cm³/mol. The van der Waals surface area contributed by atoms with Crippen molar-refractivity contribution in [2.24, 2.45) is 0 Å². The first-order chi connectivity index (χ1) is 14.4. The maximum atomic E-state index is 12.6. The normalized spacial score (nSPS) is 11.3. The molecule has 4 heteroatoms. The highest BCUT2D eigenvalue weighted by Crippen LogP contribution is 2.28. The summed E-state index contributed by atoms with van der Waals surface area (Å²) in [5, 5.41) is 5.48. The molecule has 0 saturated heterocycles. The quantitative estimate of drug-likeness (QED) is 0.391. The average molecular weight is 413 g/mol. The second-order valence-electron chi connectivity index (χ2n) is 8.26. The molecular formula is C26H24N2OS. The molecule has 0 aliphatic rings. The van der Waals surface area contributed by atoms with Gasteiger partial charge in [0.1, 0.15) is 0 Å². The summed E-state index contributed by atoms with van der Waals surface area (Å²) in [6, 6.07) is 26.2. The highest BCUT2D eigenvalue weighted by atomic mass is 32.1. The van der Waals surface area contributed by atoms with Crippen molar-refractivity contribution in [1.29, 1.82) is 0 Å². The van der Waals surface area contributed by atoms with Crippen LogP contribution in [0.2, 0.25) is 0 Å². The summed E-state index contributed by atoms with van der Waals surface area (Å²) >= 11 is 1.43. The molecule has 3 aromatic carbocycles. The van der Waals surface area contributed by atoms with Gasteiger partial charge in [0, 0.05) is 16.5 Å². The fourth-order valence-electron chi connectivity index (χ4n) is 3.22. The van der Waals surface area contributed by atoms with Crippen LogP contribution in [0.4, 0.5) is 5.13 Å². The van der Waals surface area contributed by atoms with E-state index in [1.54, 1.807) is 0 Å². The molecule has 4 aromatic rings. The van der Waals surface area contributed by atoms with E-state index < -0.39 is 0 Å². The molecule has 3 nitrogen and oxygen atoms in total. The number of aromatic nitrogens is 1. The highest BCUT2D eigenvalue weighted by Gasteiger charge is 2.14. The van der Waals surface area contributed by atoms with Crippen LogP contribution in [0.1, 0.15) is 36.7 Å². The van der Waals surface area contributed by atoms with E-state index in [2.05, 4.69) is 67.5 Å². The minimum absolute atomic E-state index is 0.121. The molecular weight excluding hydrogens is 388 g/mol. The zero-order valence-corrected chi connectivity index (χ0v) is 18.2. The minimum Gasteiger partial charge on any atom is -0.298 e. The van der Waals surface area contributed by atoms with E-state index in [1.165, 1.54) is 16.9 Å². The number of nitrogens with zero attached hydrogens (tertiary/aromatic N) is 1. The molecule has 1 heterocycles. The van der Waals surface area contributed by atoms with Gasteiger partial charge >= 0.3 is 0 Å². The number of benzene rings is 3. The van der Waals surface area contributed by atoms with Crippen LogP contribution in [0.5, 0.6) is 0 Å². The van der Waals surface area contributed by atoms with Crippen molar-refractivity contribution in [2.75, 3.05) is 5.32 Å². The van der Waals surface area contributed by atoms with Crippen molar-refractivity contribution in [3.63, 3.8) is 0 Å². The Hall–Kier alpha value is -3.24. The molecule has 0 unspecified atom stereocenters. The van der Waals surface area contributed by atoms with Crippen molar-refractivity contribution < 1.29 is 4.79 Å². The van der Waals surface area contributed by atoms with E-state index in [1.807, 2.05) is 47.8 Å². The first-order valence-corrected chi connectivity index (χ1v) is 10.8. The minimum atomic E-state index is -0.154. The number of carbonyl (C=O) groups excluding carboxylic acids is 1. The van der Waals surface area contributed by atoms with E-state index in [9.17, 15) is 4.79 Å². The van der Waals surface area contributed by atoms with E-state index >= 15 is 0 Å². The maximum absolute atomic E-state index is 12.6. The average Bonchev–Trinajstić information content (AvgIpc) is 3.22. The van der Waals surface area contributed by atoms with Gasteiger partial charge < -0.3 is 0 Å². The Kier molecular flexibility index (Phi) is 5.51. The molecule has 0 bridgehead atoms. The summed E-state index contributed by atoms with van der Waals surface area (Å²) in [4.78, 5) is 17.2. The molecule has 0 fully saturated rings. The summed E-state index contributed by atoms with van der Waals surface area (Å²) in [6.45, 7) is 6.60. The molecule has 150 valence electrons. The van der Waals surface area contributed by atoms with Crippen LogP contribution in [0.3, 0.4) is 0 Å². The van der Waals surface area contributed by atoms with Crippen molar-refractivity contribution in [3.05, 3.63) is 95.4 Å². The fraction of sp³-hybridized carbons (Fsp3) is 0.154. The smallest absolute Gasteiger partial charge is 0.257 e. The molecule has 0 atom stereocenters. The third-order valence-electron chi connectivity index (χ3n) is 5.03. The van der Waals surface area contributed by atoms with E-state index in [0.717, 1.165) is 22.4 Å². The number of anilines is 1. The van der Waals surface area contributed by atoms with Crippen LogP contribution in [0.25, 0.3) is 22.4 Å². The van der Waals surface area contributed by atoms with Gasteiger partial charge in [0.15, 0.2) is 5.13 Å². The molecule has 0 aliphatic carbocycles. The van der Waals surface area contributed by atoms with Crippen molar-refractivity contribution in [3.8, 4) is 22.4 Å². The molecule has 30 heavy (non-hydrogen) atoms. The van der Waals surface area contributed by atoms with E-state index in [0.29, 0.717) is 10.7 Å². The number of thiazole rings is 1. The lowest BCUT2D eigenvalue weighted by atomic mass is 9.86. The Labute approximate surface area is 181 Å². The van der Waals surface area contributed by atoms with Crippen LogP contribution in [0, 0.1) is 0 Å². The van der Waals surface area contributed by atoms with Crippen LogP contribution >= 0.6 is 11.3 Å². The van der Waals surface area contributed by atoms with Gasteiger partial charge in [-0.1, -0.05) is 87.5 Å². The third kappa shape index (κ3) is 4.50. The number of amides is 1. The first kappa shape index (κ1) is 20.0. The van der Waals surface area contributed by atoms with E-state index in [4.69, 9.17) is 0 Å². The predicted octanol–water partition coefficient (Wildman–Crippen LogP) is 7.03. The summed E-state index contributed by atoms with van der Waals surface area (Å²) in [5.74, 6) is -0.154. The van der Waals surface area contributed by atoms with Crippen molar-refractivity contribution >= 4 is 22.4 Å². The fourth-order valence-corrected chi connectivity index (χ4v) is 3.93. The molecule has 0 aliphatic heterocycles.